The van der Waals surface area contributed by atoms with Crippen LogP contribution in [0, 0.1) is 19.8 Å². The Morgan fingerprint density at radius 1 is 1.18 bits per heavy atom. The Balaban J connectivity index is 2.41. The second-order valence-corrected chi connectivity index (χ2v) is 5.66. The summed E-state index contributed by atoms with van der Waals surface area (Å²) in [5.74, 6) is 1.39. The molecule has 0 heterocycles. The van der Waals surface area contributed by atoms with Gasteiger partial charge in [-0.25, -0.2) is 0 Å². The number of benzene rings is 1. The molecule has 0 amide bonds. The molecule has 0 bridgehead atoms. The molecule has 1 N–H and O–H groups in total. The Morgan fingerprint density at radius 3 is 2.53 bits per heavy atom. The summed E-state index contributed by atoms with van der Waals surface area (Å²) in [5.41, 5.74) is 6.01. The maximum Gasteiger partial charge on any atom is 0.0354 e. The van der Waals surface area contributed by atoms with E-state index in [9.17, 15) is 0 Å². The first-order chi connectivity index (χ1) is 8.06. The fourth-order valence-electron chi connectivity index (χ4n) is 3.32. The van der Waals surface area contributed by atoms with Gasteiger partial charge in [0.1, 0.15) is 0 Å². The third-order valence-corrected chi connectivity index (χ3v) is 4.28. The molecule has 0 fully saturated rings. The summed E-state index contributed by atoms with van der Waals surface area (Å²) in [6.07, 6.45) is 1.21. The second-order valence-electron chi connectivity index (χ2n) is 5.66. The quantitative estimate of drug-likeness (QED) is 0.826. The largest absolute Gasteiger partial charge is 0.310 e. The van der Waals surface area contributed by atoms with E-state index in [2.05, 4.69) is 52.1 Å². The van der Waals surface area contributed by atoms with E-state index in [0.29, 0.717) is 17.9 Å². The lowest BCUT2D eigenvalue weighted by Gasteiger charge is -2.20. The normalized spacial score (nSPS) is 27.2. The van der Waals surface area contributed by atoms with E-state index in [1.54, 1.807) is 11.1 Å². The molecule has 0 saturated heterocycles. The van der Waals surface area contributed by atoms with Crippen LogP contribution >= 0.6 is 0 Å². The Morgan fingerprint density at radius 2 is 1.88 bits per heavy atom. The van der Waals surface area contributed by atoms with Crippen molar-refractivity contribution in [1.82, 2.24) is 5.32 Å². The van der Waals surface area contributed by atoms with Crippen LogP contribution in [0.3, 0.4) is 0 Å². The van der Waals surface area contributed by atoms with Gasteiger partial charge in [-0.3, -0.25) is 0 Å². The van der Waals surface area contributed by atoms with Crippen LogP contribution in [0.15, 0.2) is 12.1 Å². The van der Waals surface area contributed by atoms with Gasteiger partial charge in [0.15, 0.2) is 0 Å². The van der Waals surface area contributed by atoms with Crippen molar-refractivity contribution < 1.29 is 0 Å². The molecule has 0 saturated carbocycles. The molecule has 0 radical (unpaired) electrons. The topological polar surface area (TPSA) is 12.0 Å². The zero-order valence-electron chi connectivity index (χ0n) is 11.8. The molecule has 1 nitrogen and oxygen atoms in total. The lowest BCUT2D eigenvalue weighted by molar-refractivity contribution is 0.380. The molecule has 1 aliphatic carbocycles. The van der Waals surface area contributed by atoms with Gasteiger partial charge >= 0.3 is 0 Å². The van der Waals surface area contributed by atoms with Gasteiger partial charge in [0.25, 0.3) is 0 Å². The summed E-state index contributed by atoms with van der Waals surface area (Å²) >= 11 is 0. The number of hydrogen-bond donors (Lipinski definition) is 1. The van der Waals surface area contributed by atoms with Crippen molar-refractivity contribution in [3.05, 3.63) is 34.4 Å². The van der Waals surface area contributed by atoms with Crippen LogP contribution in [0.5, 0.6) is 0 Å². The summed E-state index contributed by atoms with van der Waals surface area (Å²) in [6.45, 7) is 12.6. The fraction of sp³-hybridized carbons (Fsp3) is 0.625. The van der Waals surface area contributed by atoms with E-state index < -0.39 is 0 Å². The van der Waals surface area contributed by atoms with E-state index >= 15 is 0 Å². The van der Waals surface area contributed by atoms with E-state index in [4.69, 9.17) is 0 Å². The molecule has 3 unspecified atom stereocenters. The van der Waals surface area contributed by atoms with Gasteiger partial charge in [0.2, 0.25) is 0 Å². The first-order valence-electron chi connectivity index (χ1n) is 6.90. The highest BCUT2D eigenvalue weighted by Gasteiger charge is 2.35. The molecule has 0 spiro atoms. The summed E-state index contributed by atoms with van der Waals surface area (Å²) in [5, 5.41) is 3.72. The van der Waals surface area contributed by atoms with Crippen LogP contribution < -0.4 is 5.32 Å². The molecule has 0 aliphatic heterocycles. The maximum absolute atomic E-state index is 3.72. The zero-order chi connectivity index (χ0) is 12.6. The van der Waals surface area contributed by atoms with Crippen LogP contribution in [0.2, 0.25) is 0 Å². The molecular formula is C16H25N. The van der Waals surface area contributed by atoms with Gasteiger partial charge in [0, 0.05) is 6.04 Å². The summed E-state index contributed by atoms with van der Waals surface area (Å²) in [7, 11) is 0. The van der Waals surface area contributed by atoms with E-state index in [1.165, 1.54) is 17.5 Å². The number of hydrogen-bond acceptors (Lipinski definition) is 1. The molecule has 3 atom stereocenters. The van der Waals surface area contributed by atoms with E-state index in [1.807, 2.05) is 0 Å². The number of fused-ring (bicyclic) bond motifs is 1. The van der Waals surface area contributed by atoms with Crippen molar-refractivity contribution in [1.29, 1.82) is 0 Å². The average Bonchev–Trinajstić information content (AvgIpc) is 2.49. The Kier molecular flexibility index (Phi) is 3.58. The predicted octanol–water partition coefficient (Wildman–Crippen LogP) is 4.10. The smallest absolute Gasteiger partial charge is 0.0354 e. The standard InChI is InChI=1S/C16H25N/c1-6-7-17-16-13(5)12(4)15-11(3)8-10(2)9-14(15)16/h8-9,12-13,16-17H,6-7H2,1-5H3. The van der Waals surface area contributed by atoms with Gasteiger partial charge < -0.3 is 5.32 Å². The van der Waals surface area contributed by atoms with Gasteiger partial charge in [-0.1, -0.05) is 38.5 Å². The van der Waals surface area contributed by atoms with Crippen LogP contribution in [0.1, 0.15) is 61.4 Å². The van der Waals surface area contributed by atoms with Crippen LogP contribution in [0.25, 0.3) is 0 Å². The Labute approximate surface area is 106 Å². The molecule has 1 aromatic rings. The van der Waals surface area contributed by atoms with Crippen LogP contribution in [0.4, 0.5) is 0 Å². The second kappa shape index (κ2) is 4.81. The molecule has 1 heteroatoms. The minimum Gasteiger partial charge on any atom is -0.310 e. The van der Waals surface area contributed by atoms with Gasteiger partial charge in [-0.05, 0) is 55.3 Å². The molecular weight excluding hydrogens is 206 g/mol. The minimum atomic E-state index is 0.554. The summed E-state index contributed by atoms with van der Waals surface area (Å²) in [4.78, 5) is 0. The highest BCUT2D eigenvalue weighted by molar-refractivity contribution is 5.46. The lowest BCUT2D eigenvalue weighted by atomic mass is 9.92. The van der Waals surface area contributed by atoms with Crippen molar-refractivity contribution in [3.8, 4) is 0 Å². The molecule has 17 heavy (non-hydrogen) atoms. The van der Waals surface area contributed by atoms with Crippen molar-refractivity contribution >= 4 is 0 Å². The first-order valence-corrected chi connectivity index (χ1v) is 6.90. The highest BCUT2D eigenvalue weighted by atomic mass is 14.9. The first kappa shape index (κ1) is 12.6. The maximum atomic E-state index is 3.72. The van der Waals surface area contributed by atoms with Crippen LogP contribution in [-0.4, -0.2) is 6.54 Å². The average molecular weight is 231 g/mol. The van der Waals surface area contributed by atoms with Crippen molar-refractivity contribution in [2.75, 3.05) is 6.54 Å². The van der Waals surface area contributed by atoms with Gasteiger partial charge in [-0.2, -0.15) is 0 Å². The SMILES string of the molecule is CCCNC1c2cc(C)cc(C)c2C(C)C1C. The Bertz CT molecular complexity index is 408. The van der Waals surface area contributed by atoms with Gasteiger partial charge in [-0.15, -0.1) is 0 Å². The predicted molar refractivity (Wildman–Crippen MR) is 74.5 cm³/mol. The number of nitrogens with one attached hydrogen (secondary N) is 1. The molecule has 0 aromatic heterocycles. The Hall–Kier alpha value is -0.820. The van der Waals surface area contributed by atoms with Crippen molar-refractivity contribution in [2.24, 2.45) is 5.92 Å². The highest BCUT2D eigenvalue weighted by Crippen LogP contribution is 2.46. The van der Waals surface area contributed by atoms with Crippen molar-refractivity contribution in [2.45, 2.75) is 53.0 Å². The van der Waals surface area contributed by atoms with E-state index in [0.717, 1.165) is 6.54 Å². The van der Waals surface area contributed by atoms with Crippen molar-refractivity contribution in [3.63, 3.8) is 0 Å². The molecule has 94 valence electrons. The van der Waals surface area contributed by atoms with E-state index in [-0.39, 0.29) is 0 Å². The third-order valence-electron chi connectivity index (χ3n) is 4.28. The third kappa shape index (κ3) is 2.13. The molecule has 2 rings (SSSR count). The molecule has 1 aromatic carbocycles. The molecule has 1 aliphatic rings. The summed E-state index contributed by atoms with van der Waals surface area (Å²) < 4.78 is 0. The zero-order valence-corrected chi connectivity index (χ0v) is 11.8. The van der Waals surface area contributed by atoms with Gasteiger partial charge in [0.05, 0.1) is 0 Å². The lowest BCUT2D eigenvalue weighted by Crippen LogP contribution is -2.25. The number of rotatable bonds is 3. The van der Waals surface area contributed by atoms with Crippen LogP contribution in [-0.2, 0) is 0 Å². The number of aryl methyl sites for hydroxylation is 2. The summed E-state index contributed by atoms with van der Waals surface area (Å²) in [6, 6.07) is 5.26. The minimum absolute atomic E-state index is 0.554. The fourth-order valence-corrected chi connectivity index (χ4v) is 3.32. The monoisotopic (exact) mass is 231 g/mol.